The van der Waals surface area contributed by atoms with Crippen LogP contribution in [0, 0.1) is 6.92 Å². The van der Waals surface area contributed by atoms with Crippen molar-refractivity contribution in [1.29, 1.82) is 0 Å². The maximum atomic E-state index is 11.4. The van der Waals surface area contributed by atoms with Crippen molar-refractivity contribution in [3.05, 3.63) is 59.2 Å². The summed E-state index contributed by atoms with van der Waals surface area (Å²) >= 11 is 0. The molecule has 0 saturated heterocycles. The molecule has 0 aliphatic rings. The molecular weight excluding hydrogens is 248 g/mol. The standard InChI is InChI=1S/C17H20N2O/c1-11-4-6-14(7-5-11)12(2)19-15-8-9-16(13(3)20)17(18)10-15/h4-10,12,19H,18H2,1-3H3. The molecule has 20 heavy (non-hydrogen) atoms. The second kappa shape index (κ2) is 5.78. The highest BCUT2D eigenvalue weighted by molar-refractivity contribution is 5.99. The van der Waals surface area contributed by atoms with E-state index in [1.165, 1.54) is 18.1 Å². The van der Waals surface area contributed by atoms with Gasteiger partial charge in [0.25, 0.3) is 0 Å². The molecule has 0 aromatic heterocycles. The summed E-state index contributed by atoms with van der Waals surface area (Å²) in [5, 5.41) is 3.39. The first-order chi connectivity index (χ1) is 9.47. The Balaban J connectivity index is 2.15. The normalized spacial score (nSPS) is 11.9. The summed E-state index contributed by atoms with van der Waals surface area (Å²) in [7, 11) is 0. The largest absolute Gasteiger partial charge is 0.398 e. The van der Waals surface area contributed by atoms with E-state index >= 15 is 0 Å². The number of rotatable bonds is 4. The molecule has 0 radical (unpaired) electrons. The van der Waals surface area contributed by atoms with Crippen molar-refractivity contribution < 1.29 is 4.79 Å². The van der Waals surface area contributed by atoms with Crippen molar-refractivity contribution in [3.8, 4) is 0 Å². The van der Waals surface area contributed by atoms with Crippen LogP contribution in [-0.2, 0) is 0 Å². The molecule has 0 heterocycles. The van der Waals surface area contributed by atoms with E-state index < -0.39 is 0 Å². The number of hydrogen-bond acceptors (Lipinski definition) is 3. The van der Waals surface area contributed by atoms with Crippen molar-refractivity contribution in [2.24, 2.45) is 0 Å². The van der Waals surface area contributed by atoms with Crippen molar-refractivity contribution in [1.82, 2.24) is 0 Å². The van der Waals surface area contributed by atoms with Crippen LogP contribution in [-0.4, -0.2) is 5.78 Å². The number of benzene rings is 2. The highest BCUT2D eigenvalue weighted by atomic mass is 16.1. The first-order valence-corrected chi connectivity index (χ1v) is 6.71. The molecule has 0 fully saturated rings. The zero-order valence-electron chi connectivity index (χ0n) is 12.1. The number of nitrogen functional groups attached to an aromatic ring is 1. The van der Waals surface area contributed by atoms with Gasteiger partial charge in [0.05, 0.1) is 0 Å². The summed E-state index contributed by atoms with van der Waals surface area (Å²) in [6.07, 6.45) is 0. The smallest absolute Gasteiger partial charge is 0.161 e. The topological polar surface area (TPSA) is 55.1 Å². The van der Waals surface area contributed by atoms with E-state index in [0.717, 1.165) is 5.69 Å². The van der Waals surface area contributed by atoms with Gasteiger partial charge in [0.2, 0.25) is 0 Å². The number of carbonyl (C=O) groups excluding carboxylic acids is 1. The molecule has 2 aromatic rings. The van der Waals surface area contributed by atoms with Gasteiger partial charge in [-0.3, -0.25) is 4.79 Å². The number of Topliss-reactive ketones (excluding diaryl/α,β-unsaturated/α-hetero) is 1. The van der Waals surface area contributed by atoms with Gasteiger partial charge in [-0.25, -0.2) is 0 Å². The molecule has 3 N–H and O–H groups in total. The van der Waals surface area contributed by atoms with Gasteiger partial charge in [-0.1, -0.05) is 29.8 Å². The van der Waals surface area contributed by atoms with Crippen molar-refractivity contribution in [3.63, 3.8) is 0 Å². The molecule has 1 unspecified atom stereocenters. The van der Waals surface area contributed by atoms with Gasteiger partial charge in [-0.15, -0.1) is 0 Å². The molecule has 0 saturated carbocycles. The molecule has 0 spiro atoms. The highest BCUT2D eigenvalue weighted by Gasteiger charge is 2.08. The maximum absolute atomic E-state index is 11.4. The Hall–Kier alpha value is -2.29. The van der Waals surface area contributed by atoms with Crippen LogP contribution in [0.25, 0.3) is 0 Å². The van der Waals surface area contributed by atoms with Gasteiger partial charge < -0.3 is 11.1 Å². The number of carbonyl (C=O) groups is 1. The Morgan fingerprint density at radius 2 is 1.80 bits per heavy atom. The molecule has 2 aromatic carbocycles. The Labute approximate surface area is 119 Å². The predicted molar refractivity (Wildman–Crippen MR) is 84.1 cm³/mol. The molecule has 3 nitrogen and oxygen atoms in total. The van der Waals surface area contributed by atoms with Crippen molar-refractivity contribution in [2.45, 2.75) is 26.8 Å². The summed E-state index contributed by atoms with van der Waals surface area (Å²) in [6, 6.07) is 14.1. The summed E-state index contributed by atoms with van der Waals surface area (Å²) in [5.74, 6) is -0.0133. The summed E-state index contributed by atoms with van der Waals surface area (Å²) < 4.78 is 0. The quantitative estimate of drug-likeness (QED) is 0.652. The summed E-state index contributed by atoms with van der Waals surface area (Å²) in [5.41, 5.74) is 10.4. The third-order valence-corrected chi connectivity index (χ3v) is 3.39. The Morgan fingerprint density at radius 3 is 2.35 bits per heavy atom. The molecule has 0 aliphatic carbocycles. The minimum atomic E-state index is -0.0133. The van der Waals surface area contributed by atoms with E-state index in [1.54, 1.807) is 12.1 Å². The van der Waals surface area contributed by atoms with E-state index in [2.05, 4.69) is 43.4 Å². The fourth-order valence-electron chi connectivity index (χ4n) is 2.16. The number of hydrogen-bond donors (Lipinski definition) is 2. The molecule has 0 aliphatic heterocycles. The van der Waals surface area contributed by atoms with Crippen LogP contribution in [0.15, 0.2) is 42.5 Å². The third-order valence-electron chi connectivity index (χ3n) is 3.39. The highest BCUT2D eigenvalue weighted by Crippen LogP contribution is 2.23. The second-order valence-electron chi connectivity index (χ2n) is 5.13. The fraction of sp³-hybridized carbons (Fsp3) is 0.235. The lowest BCUT2D eigenvalue weighted by molar-refractivity contribution is 0.101. The minimum Gasteiger partial charge on any atom is -0.398 e. The van der Waals surface area contributed by atoms with Crippen LogP contribution in [0.5, 0.6) is 0 Å². The number of ketones is 1. The minimum absolute atomic E-state index is 0.0133. The molecule has 0 bridgehead atoms. The van der Waals surface area contributed by atoms with E-state index in [-0.39, 0.29) is 11.8 Å². The van der Waals surface area contributed by atoms with E-state index in [9.17, 15) is 4.79 Å². The molecule has 3 heteroatoms. The van der Waals surface area contributed by atoms with Crippen molar-refractivity contribution >= 4 is 17.2 Å². The molecular formula is C17H20N2O. The molecule has 2 rings (SSSR count). The Bertz CT molecular complexity index is 617. The van der Waals surface area contributed by atoms with Crippen LogP contribution in [0.4, 0.5) is 11.4 Å². The Morgan fingerprint density at radius 1 is 1.15 bits per heavy atom. The summed E-state index contributed by atoms with van der Waals surface area (Å²) in [4.78, 5) is 11.4. The summed E-state index contributed by atoms with van der Waals surface area (Å²) in [6.45, 7) is 5.69. The second-order valence-corrected chi connectivity index (χ2v) is 5.13. The molecule has 1 atom stereocenters. The first kappa shape index (κ1) is 14.1. The van der Waals surface area contributed by atoms with Crippen LogP contribution in [0.3, 0.4) is 0 Å². The number of nitrogens with one attached hydrogen (secondary N) is 1. The van der Waals surface area contributed by atoms with Gasteiger partial charge in [0.15, 0.2) is 5.78 Å². The van der Waals surface area contributed by atoms with Gasteiger partial charge in [0.1, 0.15) is 0 Å². The monoisotopic (exact) mass is 268 g/mol. The number of nitrogens with two attached hydrogens (primary N) is 1. The average Bonchev–Trinajstić information content (AvgIpc) is 2.39. The predicted octanol–water partition coefficient (Wildman–Crippen LogP) is 3.95. The van der Waals surface area contributed by atoms with Crippen LogP contribution in [0.2, 0.25) is 0 Å². The van der Waals surface area contributed by atoms with Crippen LogP contribution < -0.4 is 11.1 Å². The lowest BCUT2D eigenvalue weighted by atomic mass is 10.1. The maximum Gasteiger partial charge on any atom is 0.161 e. The van der Waals surface area contributed by atoms with Gasteiger partial charge in [0, 0.05) is 23.0 Å². The van der Waals surface area contributed by atoms with Gasteiger partial charge in [-0.05, 0) is 44.5 Å². The van der Waals surface area contributed by atoms with Gasteiger partial charge in [-0.2, -0.15) is 0 Å². The fourth-order valence-corrected chi connectivity index (χ4v) is 2.16. The lowest BCUT2D eigenvalue weighted by Gasteiger charge is -2.17. The van der Waals surface area contributed by atoms with Crippen LogP contribution >= 0.6 is 0 Å². The van der Waals surface area contributed by atoms with E-state index in [4.69, 9.17) is 5.73 Å². The van der Waals surface area contributed by atoms with E-state index in [1.807, 2.05) is 6.07 Å². The van der Waals surface area contributed by atoms with Crippen molar-refractivity contribution in [2.75, 3.05) is 11.1 Å². The zero-order chi connectivity index (χ0) is 14.7. The Kier molecular flexibility index (Phi) is 4.08. The average molecular weight is 268 g/mol. The number of anilines is 2. The van der Waals surface area contributed by atoms with Gasteiger partial charge >= 0.3 is 0 Å². The molecule has 0 amide bonds. The zero-order valence-corrected chi connectivity index (χ0v) is 12.1. The van der Waals surface area contributed by atoms with E-state index in [0.29, 0.717) is 11.3 Å². The third kappa shape index (κ3) is 3.18. The van der Waals surface area contributed by atoms with Crippen LogP contribution in [0.1, 0.15) is 41.4 Å². The lowest BCUT2D eigenvalue weighted by Crippen LogP contribution is -2.08. The number of aryl methyl sites for hydroxylation is 1. The first-order valence-electron chi connectivity index (χ1n) is 6.71. The molecule has 104 valence electrons. The SMILES string of the molecule is CC(=O)c1ccc(NC(C)c2ccc(C)cc2)cc1N.